The Kier molecular flexibility index (Phi) is 19.5. The van der Waals surface area contributed by atoms with Crippen LogP contribution in [0, 0.1) is 0 Å². The summed E-state index contributed by atoms with van der Waals surface area (Å²) in [5.74, 6) is 0.549. The summed E-state index contributed by atoms with van der Waals surface area (Å²) < 4.78 is 35.6. The van der Waals surface area contributed by atoms with Gasteiger partial charge in [0.05, 0.1) is 68.2 Å². The predicted octanol–water partition coefficient (Wildman–Crippen LogP) is 4.61. The van der Waals surface area contributed by atoms with Gasteiger partial charge in [0.1, 0.15) is 17.2 Å². The summed E-state index contributed by atoms with van der Waals surface area (Å²) >= 11 is 0. The Labute approximate surface area is 315 Å². The first-order valence-electron chi connectivity index (χ1n) is 16.6. The molecule has 14 nitrogen and oxygen atoms in total. The van der Waals surface area contributed by atoms with E-state index in [-0.39, 0.29) is 12.8 Å². The highest BCUT2D eigenvalue weighted by Gasteiger charge is 2.19. The summed E-state index contributed by atoms with van der Waals surface area (Å²) in [5.41, 5.74) is 9.90. The van der Waals surface area contributed by atoms with Crippen molar-refractivity contribution in [1.29, 1.82) is 0 Å². The van der Waals surface area contributed by atoms with E-state index in [1.54, 1.807) is 33.6 Å². The zero-order valence-corrected chi connectivity index (χ0v) is 31.7. The summed E-state index contributed by atoms with van der Waals surface area (Å²) in [5, 5.41) is 3.02. The van der Waals surface area contributed by atoms with E-state index in [9.17, 15) is 19.2 Å². The molecular formula is C40H49N3O11. The molecule has 0 fully saturated rings. The van der Waals surface area contributed by atoms with E-state index in [2.05, 4.69) is 14.8 Å². The molecule has 0 radical (unpaired) electrons. The van der Waals surface area contributed by atoms with Crippen LogP contribution in [0.15, 0.2) is 96.8 Å². The average Bonchev–Trinajstić information content (AvgIpc) is 3.61. The van der Waals surface area contributed by atoms with E-state index in [0.29, 0.717) is 36.6 Å². The molecule has 0 unspecified atom stereocenters. The van der Waals surface area contributed by atoms with Crippen molar-refractivity contribution in [3.8, 4) is 17.2 Å². The van der Waals surface area contributed by atoms with E-state index in [1.807, 2.05) is 77.4 Å². The molecule has 54 heavy (non-hydrogen) atoms. The van der Waals surface area contributed by atoms with Crippen molar-refractivity contribution in [3.63, 3.8) is 0 Å². The topological polar surface area (TPSA) is 176 Å². The number of benzene rings is 3. The van der Waals surface area contributed by atoms with Gasteiger partial charge in [0, 0.05) is 43.3 Å². The molecule has 0 aliphatic carbocycles. The highest BCUT2D eigenvalue weighted by Crippen LogP contribution is 2.18. The highest BCUT2D eigenvalue weighted by molar-refractivity contribution is 5.92. The highest BCUT2D eigenvalue weighted by atomic mass is 16.5. The molecule has 1 aromatic heterocycles. The fourth-order valence-electron chi connectivity index (χ4n) is 4.60. The smallest absolute Gasteiger partial charge is 0.339 e. The van der Waals surface area contributed by atoms with Gasteiger partial charge in [0.25, 0.3) is 0 Å². The molecule has 290 valence electrons. The van der Waals surface area contributed by atoms with Gasteiger partial charge in [-0.15, -0.1) is 0 Å². The molecule has 3 aromatic carbocycles. The third-order valence-corrected chi connectivity index (χ3v) is 7.66. The fourth-order valence-corrected chi connectivity index (χ4v) is 4.60. The molecule has 3 N–H and O–H groups in total. The normalized spacial score (nSPS) is 10.3. The van der Waals surface area contributed by atoms with Gasteiger partial charge in [0.2, 0.25) is 0 Å². The van der Waals surface area contributed by atoms with Crippen molar-refractivity contribution in [2.75, 3.05) is 49.8 Å². The van der Waals surface area contributed by atoms with Crippen molar-refractivity contribution < 1.29 is 52.3 Å². The fraction of sp³-hybridized carbons (Fsp3) is 0.300. The van der Waals surface area contributed by atoms with Crippen LogP contribution >= 0.6 is 0 Å². The van der Waals surface area contributed by atoms with Gasteiger partial charge in [-0.05, 0) is 59.2 Å². The quantitative estimate of drug-likeness (QED) is 0.0981. The Balaban J connectivity index is 0.000000300. The molecule has 4 aromatic rings. The maximum absolute atomic E-state index is 11.8. The number of aromatic nitrogens is 1. The van der Waals surface area contributed by atoms with Crippen LogP contribution in [-0.2, 0) is 59.4 Å². The number of nitrogens with two attached hydrogens (primary N) is 1. The first-order chi connectivity index (χ1) is 26.0. The van der Waals surface area contributed by atoms with Gasteiger partial charge in [0.15, 0.2) is 0 Å². The number of carbonyl (C=O) groups is 4. The number of esters is 4. The summed E-state index contributed by atoms with van der Waals surface area (Å²) in [4.78, 5) is 46.1. The van der Waals surface area contributed by atoms with Crippen molar-refractivity contribution in [3.05, 3.63) is 125 Å². The van der Waals surface area contributed by atoms with Gasteiger partial charge in [-0.25, -0.2) is 9.59 Å². The van der Waals surface area contributed by atoms with E-state index >= 15 is 0 Å². The Morgan fingerprint density at radius 1 is 0.630 bits per heavy atom. The summed E-state index contributed by atoms with van der Waals surface area (Å²) in [7, 11) is 10.1. The zero-order chi connectivity index (χ0) is 39.9. The largest absolute Gasteiger partial charge is 0.497 e. The predicted molar refractivity (Wildman–Crippen MR) is 201 cm³/mol. The lowest BCUT2D eigenvalue weighted by molar-refractivity contribution is -0.140. The van der Waals surface area contributed by atoms with Crippen LogP contribution in [0.3, 0.4) is 0 Å². The molecular weight excluding hydrogens is 698 g/mol. The summed E-state index contributed by atoms with van der Waals surface area (Å²) in [6, 6.07) is 24.4. The summed E-state index contributed by atoms with van der Waals surface area (Å²) in [6.45, 7) is 1.57. The van der Waals surface area contributed by atoms with E-state index in [4.69, 9.17) is 29.4 Å². The second-order valence-electron chi connectivity index (χ2n) is 11.1. The van der Waals surface area contributed by atoms with E-state index in [1.165, 1.54) is 34.5 Å². The van der Waals surface area contributed by atoms with Crippen LogP contribution in [0.4, 0.5) is 0 Å². The molecule has 0 aliphatic heterocycles. The SMILES string of the molecule is COC(=O)/C=C(/CC(=O)OC)NCc1ccc(OC)cc1.COC(=O)Cc1c(C(=O)OC)ccn1Cc1ccc(OC)cc1.COc1ccc(CN)cc1. The molecule has 1 heterocycles. The minimum Gasteiger partial charge on any atom is -0.497 e. The van der Waals surface area contributed by atoms with E-state index in [0.717, 1.165) is 33.9 Å². The van der Waals surface area contributed by atoms with Gasteiger partial charge >= 0.3 is 23.9 Å². The third-order valence-electron chi connectivity index (χ3n) is 7.66. The monoisotopic (exact) mass is 747 g/mol. The average molecular weight is 748 g/mol. The molecule has 0 spiro atoms. The third kappa shape index (κ3) is 15.1. The van der Waals surface area contributed by atoms with Crippen LogP contribution in [-0.4, -0.2) is 78.2 Å². The van der Waals surface area contributed by atoms with Gasteiger partial charge < -0.3 is 48.8 Å². The van der Waals surface area contributed by atoms with Gasteiger partial charge in [-0.3, -0.25) is 9.59 Å². The standard InChI is InChI=1S/C17H19NO5.C15H19NO5.C8H11NO/c1-21-13-6-4-12(5-7-13)11-18-9-8-14(17(20)23-3)15(18)10-16(19)22-2;1-19-13-6-4-11(5-7-13)10-16-12(8-14(17)20-2)9-15(18)21-3;1-10-8-4-2-7(6-9)3-5-8/h4-9H,10-11H2,1-3H3;4-8,16H,9-10H2,1-3H3;2-5H,6,9H2,1H3/b;12-8-;. The van der Waals surface area contributed by atoms with Gasteiger partial charge in [-0.2, -0.15) is 0 Å². The zero-order valence-electron chi connectivity index (χ0n) is 31.7. The molecule has 14 heteroatoms. The Hall–Kier alpha value is -6.28. The van der Waals surface area contributed by atoms with Crippen LogP contribution in [0.5, 0.6) is 17.2 Å². The number of rotatable bonds is 15. The van der Waals surface area contributed by atoms with Crippen molar-refractivity contribution in [1.82, 2.24) is 9.88 Å². The maximum Gasteiger partial charge on any atom is 0.339 e. The van der Waals surface area contributed by atoms with Crippen molar-refractivity contribution >= 4 is 23.9 Å². The number of nitrogens with one attached hydrogen (secondary N) is 1. The van der Waals surface area contributed by atoms with Crippen LogP contribution in [0.2, 0.25) is 0 Å². The second-order valence-corrected chi connectivity index (χ2v) is 11.1. The molecule has 0 aliphatic rings. The Morgan fingerprint density at radius 3 is 1.57 bits per heavy atom. The molecule has 4 rings (SSSR count). The lowest BCUT2D eigenvalue weighted by Crippen LogP contribution is -2.18. The number of hydrogen-bond acceptors (Lipinski definition) is 13. The van der Waals surface area contributed by atoms with Crippen LogP contribution < -0.4 is 25.3 Å². The molecule has 0 saturated carbocycles. The summed E-state index contributed by atoms with van der Waals surface area (Å²) in [6.07, 6.45) is 2.97. The number of nitrogens with zero attached hydrogens (tertiary/aromatic N) is 1. The molecule has 0 saturated heterocycles. The first-order valence-corrected chi connectivity index (χ1v) is 16.6. The van der Waals surface area contributed by atoms with Crippen molar-refractivity contribution in [2.45, 2.75) is 32.5 Å². The first kappa shape index (κ1) is 43.9. The molecule has 0 bridgehead atoms. The Morgan fingerprint density at radius 2 is 1.13 bits per heavy atom. The Bertz CT molecular complexity index is 1760. The van der Waals surface area contributed by atoms with Crippen molar-refractivity contribution in [2.24, 2.45) is 5.73 Å². The number of hydrogen-bond donors (Lipinski definition) is 2. The second kappa shape index (κ2) is 24.1. The molecule has 0 amide bonds. The number of ether oxygens (including phenoxy) is 7. The lowest BCUT2D eigenvalue weighted by Gasteiger charge is -2.11. The van der Waals surface area contributed by atoms with Gasteiger partial charge in [-0.1, -0.05) is 36.4 Å². The lowest BCUT2D eigenvalue weighted by atomic mass is 10.1. The minimum absolute atomic E-state index is 0.00406. The number of carbonyl (C=O) groups excluding carboxylic acids is 4. The van der Waals surface area contributed by atoms with Crippen LogP contribution in [0.1, 0.15) is 39.2 Å². The van der Waals surface area contributed by atoms with Crippen LogP contribution in [0.25, 0.3) is 0 Å². The minimum atomic E-state index is -0.531. The van der Waals surface area contributed by atoms with E-state index < -0.39 is 23.9 Å². The number of methoxy groups -OCH3 is 7. The maximum atomic E-state index is 11.8. The molecule has 0 atom stereocenters.